The van der Waals surface area contributed by atoms with Gasteiger partial charge >= 0.3 is 0 Å². The highest BCUT2D eigenvalue weighted by atomic mass is 35.5. The maximum Gasteiger partial charge on any atom is 0.146 e. The number of nitrogens with zero attached hydrogens (tertiary/aromatic N) is 1. The van der Waals surface area contributed by atoms with Crippen LogP contribution in [0, 0.1) is 12.7 Å². The number of hydrogen-bond donors (Lipinski definition) is 1. The largest absolute Gasteiger partial charge is 0.310 e. The Morgan fingerprint density at radius 2 is 2.25 bits per heavy atom. The lowest BCUT2D eigenvalue weighted by Gasteiger charge is -2.19. The molecule has 0 saturated heterocycles. The van der Waals surface area contributed by atoms with Gasteiger partial charge < -0.3 is 5.32 Å². The summed E-state index contributed by atoms with van der Waals surface area (Å²) in [6.07, 6.45) is 1.66. The molecule has 0 fully saturated rings. The average Bonchev–Trinajstić information content (AvgIpc) is 2.83. The third kappa shape index (κ3) is 3.78. The van der Waals surface area contributed by atoms with Crippen molar-refractivity contribution >= 4 is 22.9 Å². The zero-order chi connectivity index (χ0) is 14.5. The molecule has 108 valence electrons. The van der Waals surface area contributed by atoms with Crippen molar-refractivity contribution in [2.24, 2.45) is 0 Å². The van der Waals surface area contributed by atoms with Gasteiger partial charge in [-0.25, -0.2) is 9.37 Å². The molecule has 20 heavy (non-hydrogen) atoms. The second-order valence-corrected chi connectivity index (χ2v) is 6.18. The van der Waals surface area contributed by atoms with Crippen molar-refractivity contribution in [3.05, 3.63) is 50.7 Å². The minimum atomic E-state index is -0.338. The molecule has 1 aromatic heterocycles. The number of hydrogen-bond acceptors (Lipinski definition) is 3. The summed E-state index contributed by atoms with van der Waals surface area (Å²) >= 11 is 7.50. The first-order valence-electron chi connectivity index (χ1n) is 6.70. The van der Waals surface area contributed by atoms with E-state index in [1.807, 2.05) is 12.3 Å². The van der Waals surface area contributed by atoms with Gasteiger partial charge in [-0.15, -0.1) is 11.3 Å². The van der Waals surface area contributed by atoms with E-state index in [-0.39, 0.29) is 16.9 Å². The monoisotopic (exact) mass is 312 g/mol. The highest BCUT2D eigenvalue weighted by Crippen LogP contribution is 2.26. The van der Waals surface area contributed by atoms with E-state index in [9.17, 15) is 4.39 Å². The molecule has 0 saturated carbocycles. The third-order valence-corrected chi connectivity index (χ3v) is 4.19. The molecule has 0 radical (unpaired) electrons. The Balaban J connectivity index is 2.24. The SMILES string of the molecule is CCCNC(Cc1csc(C)n1)c1cccc(Cl)c1F. The molecule has 2 nitrogen and oxygen atoms in total. The van der Waals surface area contributed by atoms with Gasteiger partial charge in [0.1, 0.15) is 5.82 Å². The lowest BCUT2D eigenvalue weighted by atomic mass is 10.0. The van der Waals surface area contributed by atoms with Crippen LogP contribution in [0.5, 0.6) is 0 Å². The summed E-state index contributed by atoms with van der Waals surface area (Å²) in [6.45, 7) is 4.90. The van der Waals surface area contributed by atoms with Crippen molar-refractivity contribution in [2.45, 2.75) is 32.7 Å². The van der Waals surface area contributed by atoms with Crippen LogP contribution in [-0.2, 0) is 6.42 Å². The predicted molar refractivity (Wildman–Crippen MR) is 83.0 cm³/mol. The van der Waals surface area contributed by atoms with Crippen molar-refractivity contribution in [3.8, 4) is 0 Å². The predicted octanol–water partition coefficient (Wildman–Crippen LogP) is 4.53. The summed E-state index contributed by atoms with van der Waals surface area (Å²) in [5.41, 5.74) is 1.59. The fraction of sp³-hybridized carbons (Fsp3) is 0.400. The molecule has 0 aliphatic rings. The molecule has 0 amide bonds. The lowest BCUT2D eigenvalue weighted by molar-refractivity contribution is 0.494. The number of halogens is 2. The van der Waals surface area contributed by atoms with Gasteiger partial charge in [-0.3, -0.25) is 0 Å². The van der Waals surface area contributed by atoms with Crippen molar-refractivity contribution in [2.75, 3.05) is 6.54 Å². The Bertz CT molecular complexity index is 571. The number of aromatic nitrogens is 1. The molecule has 1 aromatic carbocycles. The number of aryl methyl sites for hydroxylation is 1. The Kier molecular flexibility index (Phi) is 5.52. The Hall–Kier alpha value is -0.970. The van der Waals surface area contributed by atoms with E-state index in [0.29, 0.717) is 12.0 Å². The van der Waals surface area contributed by atoms with Crippen LogP contribution in [-0.4, -0.2) is 11.5 Å². The third-order valence-electron chi connectivity index (χ3n) is 3.08. The Morgan fingerprint density at radius 3 is 2.90 bits per heavy atom. The van der Waals surface area contributed by atoms with E-state index < -0.39 is 0 Å². The zero-order valence-electron chi connectivity index (χ0n) is 11.6. The molecule has 0 spiro atoms. The standard InChI is InChI=1S/C15H18ClFN2S/c1-3-7-18-14(8-11-9-20-10(2)19-11)12-5-4-6-13(16)15(12)17/h4-6,9,14,18H,3,7-8H2,1-2H3. The summed E-state index contributed by atoms with van der Waals surface area (Å²) in [5.74, 6) is -0.338. The molecular formula is C15H18ClFN2S. The second kappa shape index (κ2) is 7.16. The molecule has 1 unspecified atom stereocenters. The van der Waals surface area contributed by atoms with Gasteiger partial charge in [0.05, 0.1) is 15.7 Å². The van der Waals surface area contributed by atoms with Gasteiger partial charge in [0, 0.05) is 23.4 Å². The smallest absolute Gasteiger partial charge is 0.146 e. The van der Waals surface area contributed by atoms with Gasteiger partial charge in [0.15, 0.2) is 0 Å². The summed E-state index contributed by atoms with van der Waals surface area (Å²) < 4.78 is 14.2. The minimum Gasteiger partial charge on any atom is -0.310 e. The highest BCUT2D eigenvalue weighted by Gasteiger charge is 2.18. The fourth-order valence-electron chi connectivity index (χ4n) is 2.11. The topological polar surface area (TPSA) is 24.9 Å². The molecule has 2 aromatic rings. The molecule has 0 aliphatic heterocycles. The van der Waals surface area contributed by atoms with Crippen LogP contribution in [0.1, 0.15) is 35.7 Å². The van der Waals surface area contributed by atoms with Crippen molar-refractivity contribution in [1.82, 2.24) is 10.3 Å². The van der Waals surface area contributed by atoms with E-state index in [1.54, 1.807) is 29.5 Å². The van der Waals surface area contributed by atoms with E-state index in [2.05, 4.69) is 17.2 Å². The van der Waals surface area contributed by atoms with Gasteiger partial charge in [0.25, 0.3) is 0 Å². The van der Waals surface area contributed by atoms with Crippen LogP contribution in [0.25, 0.3) is 0 Å². The number of thiazole rings is 1. The summed E-state index contributed by atoms with van der Waals surface area (Å²) in [5, 5.41) is 6.60. The van der Waals surface area contributed by atoms with E-state index in [4.69, 9.17) is 11.6 Å². The maximum atomic E-state index is 14.2. The maximum absolute atomic E-state index is 14.2. The van der Waals surface area contributed by atoms with Gasteiger partial charge in [-0.05, 0) is 26.0 Å². The zero-order valence-corrected chi connectivity index (χ0v) is 13.2. The summed E-state index contributed by atoms with van der Waals surface area (Å²) in [4.78, 5) is 4.46. The average molecular weight is 313 g/mol. The van der Waals surface area contributed by atoms with Gasteiger partial charge in [-0.1, -0.05) is 30.7 Å². The Morgan fingerprint density at radius 1 is 1.45 bits per heavy atom. The molecule has 1 atom stereocenters. The van der Waals surface area contributed by atoms with Crippen molar-refractivity contribution in [1.29, 1.82) is 0 Å². The van der Waals surface area contributed by atoms with Crippen LogP contribution in [0.3, 0.4) is 0 Å². The van der Waals surface area contributed by atoms with E-state index in [1.165, 1.54) is 0 Å². The van der Waals surface area contributed by atoms with E-state index >= 15 is 0 Å². The highest BCUT2D eigenvalue weighted by molar-refractivity contribution is 7.09. The number of benzene rings is 1. The molecule has 2 rings (SSSR count). The van der Waals surface area contributed by atoms with Crippen LogP contribution >= 0.6 is 22.9 Å². The van der Waals surface area contributed by atoms with Crippen molar-refractivity contribution < 1.29 is 4.39 Å². The van der Waals surface area contributed by atoms with Crippen LogP contribution in [0.2, 0.25) is 5.02 Å². The summed E-state index contributed by atoms with van der Waals surface area (Å²) in [7, 11) is 0. The summed E-state index contributed by atoms with van der Waals surface area (Å²) in [6, 6.07) is 5.04. The molecule has 0 aliphatic carbocycles. The molecule has 5 heteroatoms. The van der Waals surface area contributed by atoms with Gasteiger partial charge in [-0.2, -0.15) is 0 Å². The quantitative estimate of drug-likeness (QED) is 0.848. The van der Waals surface area contributed by atoms with E-state index in [0.717, 1.165) is 23.7 Å². The molecule has 0 bridgehead atoms. The second-order valence-electron chi connectivity index (χ2n) is 4.71. The first-order chi connectivity index (χ1) is 9.61. The fourth-order valence-corrected chi connectivity index (χ4v) is 2.92. The normalized spacial score (nSPS) is 12.6. The molecule has 1 heterocycles. The van der Waals surface area contributed by atoms with Crippen LogP contribution in [0.4, 0.5) is 4.39 Å². The Labute approximate surface area is 128 Å². The van der Waals surface area contributed by atoms with Crippen LogP contribution in [0.15, 0.2) is 23.6 Å². The first-order valence-corrected chi connectivity index (χ1v) is 7.96. The molecular weight excluding hydrogens is 295 g/mol. The lowest BCUT2D eigenvalue weighted by Crippen LogP contribution is -2.25. The first kappa shape index (κ1) is 15.4. The van der Waals surface area contributed by atoms with Gasteiger partial charge in [0.2, 0.25) is 0 Å². The van der Waals surface area contributed by atoms with Crippen molar-refractivity contribution in [3.63, 3.8) is 0 Å². The van der Waals surface area contributed by atoms with Crippen LogP contribution < -0.4 is 5.32 Å². The number of rotatable bonds is 6. The minimum absolute atomic E-state index is 0.102. The number of nitrogens with one attached hydrogen (secondary N) is 1. The molecule has 1 N–H and O–H groups in total.